The van der Waals surface area contributed by atoms with Gasteiger partial charge in [-0.2, -0.15) is 0 Å². The molecule has 8 heterocycles. The lowest BCUT2D eigenvalue weighted by Gasteiger charge is -2.12. The summed E-state index contributed by atoms with van der Waals surface area (Å²) in [6.07, 6.45) is 10.5. The van der Waals surface area contributed by atoms with Crippen LogP contribution in [0.4, 0.5) is 46.0 Å². The zero-order valence-electron chi connectivity index (χ0n) is 60.8. The van der Waals surface area contributed by atoms with Crippen LogP contribution in [-0.2, 0) is 80.4 Å². The first-order chi connectivity index (χ1) is 50.2. The van der Waals surface area contributed by atoms with Crippen molar-refractivity contribution in [3.63, 3.8) is 0 Å². The first-order valence-electron chi connectivity index (χ1n) is 32.9. The monoisotopic (exact) mass is 1540 g/mol. The molecule has 0 unspecified atom stereocenters. The molecule has 0 radical (unpaired) electrons. The van der Waals surface area contributed by atoms with Crippen LogP contribution in [0.1, 0.15) is 123 Å². The highest BCUT2D eigenvalue weighted by molar-refractivity contribution is 6.08. The third-order valence-corrected chi connectivity index (χ3v) is 15.8. The molecule has 0 saturated carbocycles. The van der Waals surface area contributed by atoms with Crippen LogP contribution >= 0.6 is 24.8 Å². The maximum absolute atomic E-state index is 13.5. The number of rotatable bonds is 34. The van der Waals surface area contributed by atoms with Gasteiger partial charge in [0, 0.05) is 158 Å². The van der Waals surface area contributed by atoms with Crippen LogP contribution in [0.25, 0.3) is 0 Å². The average Bonchev–Trinajstić information content (AvgIpc) is 1.69. The van der Waals surface area contributed by atoms with Crippen molar-refractivity contribution < 1.29 is 67.4 Å². The van der Waals surface area contributed by atoms with Crippen molar-refractivity contribution in [1.82, 2.24) is 88.0 Å². The fraction of sp³-hybridized carbons (Fsp3) is 0.369. The summed E-state index contributed by atoms with van der Waals surface area (Å²) in [6.45, 7) is 2.24. The standard InChI is InChI=1S/C65H85N27O14.2ClH/c1-35(93)72-46-31-91(10)55(78-46)64(105)82-49-34-90(9)54(81-49)63(104)70-19-15-51(96)77-47-32-92(11)56(79-47)65(106)83-48-33-89(8)53(80-48)62(103)69-17-13-41(66)57(98)74-37-24-45(88(7)28-37)61(102)76-39-23-43(86(5)30-39)59(100)71-26-40(94)25-52(97)73-36-21-44(87(6)27-36)60(101)75-38-22-42(85(4)29-38)58(99)68-18-14-50(95)67-16-12-20-84(2)3;;/h21-24,27-34,40-41,94H,12-20,25-26,66H2,1-11H3,(H,67,95)(H,68,99)(H,69,103)(H,70,104)(H,71,100)(H,72,93)(H,73,97)(H,74,98)(H,75,101)(H,76,102)(H,77,96)(H,82,105)(H,83,106);2*1H/t40-,41+;;/m0../s1. The van der Waals surface area contributed by atoms with Gasteiger partial charge < -0.3 is 121 Å². The van der Waals surface area contributed by atoms with E-state index < -0.39 is 83.5 Å². The Morgan fingerprint density at radius 3 is 1.22 bits per heavy atom. The van der Waals surface area contributed by atoms with Crippen molar-refractivity contribution in [2.75, 3.05) is 95.9 Å². The molecule has 2 atom stereocenters. The van der Waals surface area contributed by atoms with Gasteiger partial charge in [0.2, 0.25) is 52.8 Å². The normalized spacial score (nSPS) is 11.4. The van der Waals surface area contributed by atoms with Crippen molar-refractivity contribution >= 4 is 148 Å². The van der Waals surface area contributed by atoms with Crippen LogP contribution in [0.15, 0.2) is 73.8 Å². The number of hydrogen-bond donors (Lipinski definition) is 15. The van der Waals surface area contributed by atoms with Crippen molar-refractivity contribution in [3.05, 3.63) is 120 Å². The van der Waals surface area contributed by atoms with Crippen molar-refractivity contribution in [3.8, 4) is 0 Å². The molecule has 43 heteroatoms. The molecule has 8 aromatic rings. The fourth-order valence-corrected chi connectivity index (χ4v) is 10.6. The van der Waals surface area contributed by atoms with Gasteiger partial charge in [0.1, 0.15) is 22.8 Å². The average molecular weight is 1540 g/mol. The smallest absolute Gasteiger partial charge is 0.292 e. The number of aromatic nitrogens is 12. The molecule has 0 aliphatic rings. The molecule has 8 rings (SSSR count). The number of carbonyl (C=O) groups excluding carboxylic acids is 13. The van der Waals surface area contributed by atoms with Crippen molar-refractivity contribution in [1.29, 1.82) is 0 Å². The number of aliphatic hydroxyl groups is 1. The minimum absolute atomic E-state index is 0. The van der Waals surface area contributed by atoms with E-state index in [-0.39, 0.29) is 168 Å². The quantitative estimate of drug-likeness (QED) is 0.0235. The Balaban J connectivity index is 0.00000912. The van der Waals surface area contributed by atoms with Crippen molar-refractivity contribution in [2.24, 2.45) is 62.1 Å². The molecule has 13 amide bonds. The number of nitrogens with zero attached hydrogens (tertiary/aromatic N) is 13. The predicted octanol–water partition coefficient (Wildman–Crippen LogP) is -0.0624. The van der Waals surface area contributed by atoms with E-state index in [4.69, 9.17) is 5.73 Å². The topological polar surface area (TPSA) is 519 Å². The zero-order valence-corrected chi connectivity index (χ0v) is 62.5. The van der Waals surface area contributed by atoms with Gasteiger partial charge in [0.05, 0.1) is 41.3 Å². The summed E-state index contributed by atoms with van der Waals surface area (Å²) in [5, 5.41) is 45.0. The Kier molecular flexibility index (Phi) is 29.7. The minimum atomic E-state index is -1.33. The predicted molar refractivity (Wildman–Crippen MR) is 399 cm³/mol. The number of nitrogens with one attached hydrogen (secondary N) is 13. The number of aryl methyl sites for hydroxylation is 8. The SMILES string of the molecule is CC(=O)Nc1cn(C)c(C(=O)Nc2cn(C)c(C(=O)NCCC(=O)Nc3cn(C)c(C(=O)Nc4cn(C)c(C(=O)NCC[C@@H](N)C(=O)Nc5cc(C(=O)Nc6cc(C(=O)NC[C@@H](O)CC(=O)Nc7cc(C(=O)Nc8cc(C(=O)NCCC(=O)NCCCN(C)C)n(C)c8)n(C)c7)n(C)c6)n(C)c5)n4)n3)n2)n1.Cl.Cl. The van der Waals surface area contributed by atoms with Crippen LogP contribution in [0, 0.1) is 0 Å². The van der Waals surface area contributed by atoms with E-state index in [2.05, 4.69) is 89.1 Å². The summed E-state index contributed by atoms with van der Waals surface area (Å²) < 4.78 is 11.4. The molecule has 0 aliphatic carbocycles. The van der Waals surface area contributed by atoms with Gasteiger partial charge in [0.15, 0.2) is 23.3 Å². The number of aliphatic hydroxyl groups excluding tert-OH is 1. The summed E-state index contributed by atoms with van der Waals surface area (Å²) in [4.78, 5) is 187. The minimum Gasteiger partial charge on any atom is -0.391 e. The third-order valence-electron chi connectivity index (χ3n) is 15.8. The number of hydrogen-bond acceptors (Lipinski definition) is 20. The number of halogens is 2. The number of imidazole rings is 4. The summed E-state index contributed by atoms with van der Waals surface area (Å²) in [6, 6.07) is 4.58. The maximum Gasteiger partial charge on any atom is 0.292 e. The molecule has 0 aromatic carbocycles. The first-order valence-corrected chi connectivity index (χ1v) is 32.9. The second-order valence-corrected chi connectivity index (χ2v) is 25.0. The zero-order chi connectivity index (χ0) is 77.4. The lowest BCUT2D eigenvalue weighted by Crippen LogP contribution is -2.39. The third kappa shape index (κ3) is 23.3. The highest BCUT2D eigenvalue weighted by Gasteiger charge is 2.26. The van der Waals surface area contributed by atoms with Gasteiger partial charge >= 0.3 is 0 Å². The summed E-state index contributed by atoms with van der Waals surface area (Å²) >= 11 is 0. The van der Waals surface area contributed by atoms with E-state index in [1.807, 2.05) is 19.0 Å². The van der Waals surface area contributed by atoms with E-state index in [0.717, 1.165) is 13.0 Å². The molecule has 0 bridgehead atoms. The number of nitrogens with two attached hydrogens (primary N) is 1. The molecular formula is C65H87Cl2N27O14. The molecule has 580 valence electrons. The molecule has 8 aromatic heterocycles. The van der Waals surface area contributed by atoms with Gasteiger partial charge in [-0.3, -0.25) is 62.3 Å². The van der Waals surface area contributed by atoms with Crippen LogP contribution in [0.5, 0.6) is 0 Å². The molecule has 0 saturated heterocycles. The number of amides is 13. The fourth-order valence-electron chi connectivity index (χ4n) is 10.6. The summed E-state index contributed by atoms with van der Waals surface area (Å²) in [5.41, 5.74) is 7.82. The highest BCUT2D eigenvalue weighted by atomic mass is 35.5. The maximum atomic E-state index is 13.5. The molecule has 16 N–H and O–H groups in total. The molecule has 0 spiro atoms. The van der Waals surface area contributed by atoms with Gasteiger partial charge in [-0.1, -0.05) is 0 Å². The van der Waals surface area contributed by atoms with Gasteiger partial charge in [-0.05, 0) is 57.7 Å². The molecule has 108 heavy (non-hydrogen) atoms. The van der Waals surface area contributed by atoms with E-state index in [1.165, 1.54) is 132 Å². The largest absolute Gasteiger partial charge is 0.391 e. The lowest BCUT2D eigenvalue weighted by molar-refractivity contribution is -0.121. The second-order valence-electron chi connectivity index (χ2n) is 25.0. The van der Waals surface area contributed by atoms with E-state index in [9.17, 15) is 67.4 Å². The Hall–Kier alpha value is -12.5. The number of carbonyl (C=O) groups is 13. The van der Waals surface area contributed by atoms with Gasteiger partial charge in [-0.15, -0.1) is 24.8 Å². The second kappa shape index (κ2) is 38.0. The van der Waals surface area contributed by atoms with Crippen LogP contribution in [-0.4, -0.2) is 209 Å². The number of anilines is 8. The van der Waals surface area contributed by atoms with E-state index in [1.54, 1.807) is 41.4 Å². The Bertz CT molecular complexity index is 4680. The molecular weight excluding hydrogens is 1450 g/mol. The van der Waals surface area contributed by atoms with E-state index in [0.29, 0.717) is 12.2 Å². The van der Waals surface area contributed by atoms with Gasteiger partial charge in [0.25, 0.3) is 47.3 Å². The molecule has 0 aliphatic heterocycles. The Morgan fingerprint density at radius 2 is 0.778 bits per heavy atom. The van der Waals surface area contributed by atoms with E-state index >= 15 is 0 Å². The van der Waals surface area contributed by atoms with Gasteiger partial charge in [-0.25, -0.2) is 19.9 Å². The van der Waals surface area contributed by atoms with Crippen LogP contribution in [0.2, 0.25) is 0 Å². The summed E-state index contributed by atoms with van der Waals surface area (Å²) in [5.74, 6) is -7.39. The van der Waals surface area contributed by atoms with Crippen LogP contribution in [0.3, 0.4) is 0 Å². The first kappa shape index (κ1) is 84.5. The summed E-state index contributed by atoms with van der Waals surface area (Å²) in [7, 11) is 16.4. The van der Waals surface area contributed by atoms with Crippen molar-refractivity contribution in [2.45, 2.75) is 51.2 Å². The highest BCUT2D eigenvalue weighted by Crippen LogP contribution is 2.22. The Labute approximate surface area is 629 Å². The molecule has 0 fully saturated rings. The Morgan fingerprint density at radius 1 is 0.407 bits per heavy atom. The van der Waals surface area contributed by atoms with Crippen LogP contribution < -0.4 is 74.9 Å². The lowest BCUT2D eigenvalue weighted by atomic mass is 10.2. The molecule has 41 nitrogen and oxygen atoms in total.